The Morgan fingerprint density at radius 2 is 0.661 bits per heavy atom. The highest BCUT2D eigenvalue weighted by atomic mass is 19.4. The van der Waals surface area contributed by atoms with Crippen molar-refractivity contribution in [1.82, 2.24) is 9.97 Å². The van der Waals surface area contributed by atoms with Crippen LogP contribution in [0.4, 0.5) is 114 Å². The molecule has 2 rings (SSSR count). The molecule has 0 unspecified atom stereocenters. The highest BCUT2D eigenvalue weighted by Gasteiger charge is 2.92. The first-order chi connectivity index (χ1) is 27.5. The summed E-state index contributed by atoms with van der Waals surface area (Å²) in [6.45, 7) is -3.18. The van der Waals surface area contributed by atoms with Gasteiger partial charge >= 0.3 is 83.5 Å². The topological polar surface area (TPSA) is 78.4 Å². The van der Waals surface area contributed by atoms with Crippen molar-refractivity contribution in [1.29, 1.82) is 0 Å². The number of esters is 2. The second kappa shape index (κ2) is 16.8. The standard InChI is InChI=1S/C30H18F26N2O4/c31-19(32,21(35,36)23(39,40)25(43,44)27(47,48)29(51,52)53)7-3-11-61-17(59)13-5-1-9-57-15(13)16-14(6-2-10-58-16)18(60)62-12-4-8-20(33,34)22(37,38)24(41,42)26(45,46)28(49,50)30(54,55)56/h1-2,5-6,9-10H,3-4,7-8,11-12H2. The van der Waals surface area contributed by atoms with Crippen molar-refractivity contribution in [3.05, 3.63) is 47.8 Å². The van der Waals surface area contributed by atoms with Gasteiger partial charge in [-0.15, -0.1) is 0 Å². The number of nitrogens with zero attached hydrogens (tertiary/aromatic N) is 2. The molecule has 0 aliphatic heterocycles. The molecule has 0 amide bonds. The molecule has 354 valence electrons. The molecule has 2 aromatic rings. The number of pyridine rings is 2. The van der Waals surface area contributed by atoms with Crippen molar-refractivity contribution in [2.75, 3.05) is 13.2 Å². The third-order valence-electron chi connectivity index (χ3n) is 8.01. The van der Waals surface area contributed by atoms with Gasteiger partial charge in [0, 0.05) is 25.2 Å². The SMILES string of the molecule is O=C(OCCCC(F)(F)C(F)(F)C(F)(F)C(F)(F)C(F)(F)C(F)(F)F)c1cccnc1-c1ncccc1C(=O)OCCCC(F)(F)C(F)(F)C(F)(F)C(F)(F)C(F)(F)C(F)(F)F. The molecule has 0 N–H and O–H groups in total. The van der Waals surface area contributed by atoms with Gasteiger partial charge in [0.05, 0.1) is 24.3 Å². The summed E-state index contributed by atoms with van der Waals surface area (Å²) < 4.78 is 355. The fourth-order valence-electron chi connectivity index (χ4n) is 4.51. The van der Waals surface area contributed by atoms with Crippen molar-refractivity contribution >= 4 is 11.9 Å². The van der Waals surface area contributed by atoms with E-state index in [9.17, 15) is 124 Å². The molecule has 0 saturated heterocycles. The maximum absolute atomic E-state index is 14.1. The summed E-state index contributed by atoms with van der Waals surface area (Å²) in [4.78, 5) is 32.6. The molecule has 0 radical (unpaired) electrons. The van der Waals surface area contributed by atoms with Crippen molar-refractivity contribution in [3.63, 3.8) is 0 Å². The van der Waals surface area contributed by atoms with Crippen LogP contribution >= 0.6 is 0 Å². The lowest BCUT2D eigenvalue weighted by atomic mass is 9.92. The van der Waals surface area contributed by atoms with Gasteiger partial charge in [0.1, 0.15) is 11.4 Å². The van der Waals surface area contributed by atoms with Crippen molar-refractivity contribution in [2.24, 2.45) is 0 Å². The third kappa shape index (κ3) is 8.95. The minimum Gasteiger partial charge on any atom is -0.462 e. The van der Waals surface area contributed by atoms with Crippen LogP contribution in [0.3, 0.4) is 0 Å². The van der Waals surface area contributed by atoms with Gasteiger partial charge in [-0.2, -0.15) is 114 Å². The first-order valence-corrected chi connectivity index (χ1v) is 15.6. The average molecular weight is 964 g/mol. The van der Waals surface area contributed by atoms with E-state index in [0.717, 1.165) is 24.5 Å². The highest BCUT2D eigenvalue weighted by Crippen LogP contribution is 2.62. The monoisotopic (exact) mass is 964 g/mol. The van der Waals surface area contributed by atoms with E-state index in [2.05, 4.69) is 19.4 Å². The first-order valence-electron chi connectivity index (χ1n) is 15.6. The predicted octanol–water partition coefficient (Wildman–Crippen LogP) is 11.5. The number of ether oxygens (including phenoxy) is 2. The van der Waals surface area contributed by atoms with Crippen LogP contribution < -0.4 is 0 Å². The summed E-state index contributed by atoms with van der Waals surface area (Å²) in [7, 11) is 0. The number of carbonyl (C=O) groups is 2. The van der Waals surface area contributed by atoms with Gasteiger partial charge in [0.2, 0.25) is 0 Å². The van der Waals surface area contributed by atoms with E-state index in [-0.39, 0.29) is 0 Å². The Hall–Kier alpha value is -4.58. The van der Waals surface area contributed by atoms with Crippen LogP contribution in [0.15, 0.2) is 36.7 Å². The zero-order chi connectivity index (χ0) is 48.8. The zero-order valence-corrected chi connectivity index (χ0v) is 29.1. The number of aromatic nitrogens is 2. The van der Waals surface area contributed by atoms with Crippen LogP contribution in [-0.4, -0.2) is 107 Å². The van der Waals surface area contributed by atoms with E-state index < -0.39 is 145 Å². The summed E-state index contributed by atoms with van der Waals surface area (Å²) in [5.41, 5.74) is -3.46. The maximum atomic E-state index is 14.1. The predicted molar refractivity (Wildman–Crippen MR) is 148 cm³/mol. The van der Waals surface area contributed by atoms with Crippen LogP contribution in [0.5, 0.6) is 0 Å². The number of hydrogen-bond acceptors (Lipinski definition) is 6. The van der Waals surface area contributed by atoms with Crippen molar-refractivity contribution in [3.8, 4) is 11.4 Å². The van der Waals surface area contributed by atoms with Crippen LogP contribution in [0.2, 0.25) is 0 Å². The summed E-state index contributed by atoms with van der Waals surface area (Å²) in [5.74, 6) is -80.4. The lowest BCUT2D eigenvalue weighted by Gasteiger charge is -2.39. The van der Waals surface area contributed by atoms with Gasteiger partial charge in [0.25, 0.3) is 0 Å². The molecule has 6 nitrogen and oxygen atoms in total. The summed E-state index contributed by atoms with van der Waals surface area (Å²) in [5, 5.41) is 0. The molecule has 32 heteroatoms. The quantitative estimate of drug-likeness (QED) is 0.0793. The van der Waals surface area contributed by atoms with Crippen molar-refractivity contribution in [2.45, 2.75) is 97.3 Å². The smallest absolute Gasteiger partial charge is 0.460 e. The van der Waals surface area contributed by atoms with Crippen LogP contribution in [-0.2, 0) is 9.47 Å². The second-order valence-corrected chi connectivity index (χ2v) is 12.3. The van der Waals surface area contributed by atoms with Gasteiger partial charge in [-0.05, 0) is 37.1 Å². The Bertz CT molecular complexity index is 1770. The number of rotatable bonds is 19. The summed E-state index contributed by atoms with van der Waals surface area (Å²) >= 11 is 0. The van der Waals surface area contributed by atoms with E-state index in [1.165, 1.54) is 0 Å². The number of hydrogen-bond donors (Lipinski definition) is 0. The Morgan fingerprint density at radius 3 is 0.919 bits per heavy atom. The highest BCUT2D eigenvalue weighted by molar-refractivity contribution is 6.01. The minimum absolute atomic E-state index is 0.701. The summed E-state index contributed by atoms with van der Waals surface area (Å²) in [6.07, 6.45) is -22.8. The maximum Gasteiger partial charge on any atom is 0.460 e. The fourth-order valence-corrected chi connectivity index (χ4v) is 4.51. The molecule has 0 saturated carbocycles. The van der Waals surface area contributed by atoms with Gasteiger partial charge < -0.3 is 9.47 Å². The Labute approximate surface area is 325 Å². The molecular weight excluding hydrogens is 946 g/mol. The molecule has 0 fully saturated rings. The van der Waals surface area contributed by atoms with Crippen molar-refractivity contribution < 1.29 is 133 Å². The minimum atomic E-state index is -8.17. The van der Waals surface area contributed by atoms with Gasteiger partial charge in [-0.3, -0.25) is 9.97 Å². The van der Waals surface area contributed by atoms with Crippen LogP contribution in [0.25, 0.3) is 11.4 Å². The van der Waals surface area contributed by atoms with E-state index >= 15 is 0 Å². The normalized spacial score (nSPS) is 14.8. The van der Waals surface area contributed by atoms with Gasteiger partial charge in [0.15, 0.2) is 0 Å². The van der Waals surface area contributed by atoms with Crippen LogP contribution in [0.1, 0.15) is 46.4 Å². The van der Waals surface area contributed by atoms with Crippen LogP contribution in [0, 0.1) is 0 Å². The van der Waals surface area contributed by atoms with Gasteiger partial charge in [-0.1, -0.05) is 0 Å². The molecule has 0 spiro atoms. The molecule has 0 bridgehead atoms. The second-order valence-electron chi connectivity index (χ2n) is 12.3. The lowest BCUT2D eigenvalue weighted by Crippen LogP contribution is -2.70. The summed E-state index contributed by atoms with van der Waals surface area (Å²) in [6, 6.07) is 3.14. The van der Waals surface area contributed by atoms with E-state index in [4.69, 9.17) is 0 Å². The molecule has 2 heterocycles. The molecule has 0 aliphatic carbocycles. The molecule has 0 aromatic carbocycles. The third-order valence-corrected chi connectivity index (χ3v) is 8.01. The van der Waals surface area contributed by atoms with E-state index in [1.54, 1.807) is 0 Å². The molecule has 2 aromatic heterocycles. The number of carbonyl (C=O) groups excluding carboxylic acids is 2. The van der Waals surface area contributed by atoms with Gasteiger partial charge in [-0.25, -0.2) is 9.59 Å². The largest absolute Gasteiger partial charge is 0.462 e. The molecule has 0 aliphatic rings. The fraction of sp³-hybridized carbons (Fsp3) is 0.600. The first kappa shape index (κ1) is 53.6. The number of halogens is 26. The lowest BCUT2D eigenvalue weighted by molar-refractivity contribution is -0.440. The van der Waals surface area contributed by atoms with E-state index in [0.29, 0.717) is 12.1 Å². The Kier molecular flexibility index (Phi) is 14.6. The molecule has 62 heavy (non-hydrogen) atoms. The Morgan fingerprint density at radius 1 is 0.403 bits per heavy atom. The molecule has 0 atom stereocenters. The Balaban J connectivity index is 2.21. The van der Waals surface area contributed by atoms with E-state index in [1.807, 2.05) is 0 Å². The average Bonchev–Trinajstić information content (AvgIpc) is 3.13. The molecular formula is C30H18F26N2O4. The number of alkyl halides is 26. The zero-order valence-electron chi connectivity index (χ0n) is 29.1.